The number of nitrogens with zero attached hydrogens (tertiary/aromatic N) is 3. The van der Waals surface area contributed by atoms with Crippen molar-refractivity contribution >= 4 is 5.91 Å². The lowest BCUT2D eigenvalue weighted by molar-refractivity contribution is 0.0236. The van der Waals surface area contributed by atoms with Crippen LogP contribution < -0.4 is 0 Å². The molecule has 0 aliphatic carbocycles. The molecule has 0 aromatic heterocycles. The lowest BCUT2D eigenvalue weighted by atomic mass is 9.99. The lowest BCUT2D eigenvalue weighted by Crippen LogP contribution is -2.43. The Morgan fingerprint density at radius 2 is 1.92 bits per heavy atom. The number of amides is 1. The van der Waals surface area contributed by atoms with Crippen molar-refractivity contribution in [3.63, 3.8) is 0 Å². The molecule has 2 aromatic carbocycles. The van der Waals surface area contributed by atoms with Crippen LogP contribution >= 0.6 is 0 Å². The van der Waals surface area contributed by atoms with Gasteiger partial charge in [-0.15, -0.1) is 0 Å². The summed E-state index contributed by atoms with van der Waals surface area (Å²) in [5, 5.41) is 19.9. The summed E-state index contributed by atoms with van der Waals surface area (Å²) in [7, 11) is 3.83. The number of carbonyl (C=O) groups is 1. The molecule has 0 spiro atoms. The number of benzene rings is 2. The van der Waals surface area contributed by atoms with E-state index >= 15 is 0 Å². The SMILES string of the molecule is CN(C)C[C@@]1(O)CCN(C(=O)c2ccc(-c3ccccc3C#N)cc2)C1. The molecule has 1 amide bonds. The van der Waals surface area contributed by atoms with Gasteiger partial charge in [0.25, 0.3) is 5.91 Å². The third-order valence-electron chi connectivity index (χ3n) is 4.72. The first kappa shape index (κ1) is 18.1. The molecule has 26 heavy (non-hydrogen) atoms. The molecule has 1 aliphatic rings. The molecule has 0 bridgehead atoms. The summed E-state index contributed by atoms with van der Waals surface area (Å²) in [6.45, 7) is 1.45. The minimum absolute atomic E-state index is 0.0696. The molecule has 0 radical (unpaired) electrons. The van der Waals surface area contributed by atoms with Crippen LogP contribution in [0, 0.1) is 11.3 Å². The molecule has 1 fully saturated rings. The number of hydrogen-bond acceptors (Lipinski definition) is 4. The highest BCUT2D eigenvalue weighted by atomic mass is 16.3. The maximum atomic E-state index is 12.7. The zero-order valence-electron chi connectivity index (χ0n) is 15.1. The number of likely N-dealkylation sites (tertiary alicyclic amines) is 1. The van der Waals surface area contributed by atoms with E-state index in [4.69, 9.17) is 0 Å². The minimum atomic E-state index is -0.842. The fourth-order valence-corrected chi connectivity index (χ4v) is 3.55. The summed E-state index contributed by atoms with van der Waals surface area (Å²) < 4.78 is 0. The largest absolute Gasteiger partial charge is 0.387 e. The molecule has 1 aliphatic heterocycles. The topological polar surface area (TPSA) is 67.6 Å². The third-order valence-corrected chi connectivity index (χ3v) is 4.72. The molecule has 1 heterocycles. The average Bonchev–Trinajstić information content (AvgIpc) is 3.02. The number of likely N-dealkylation sites (N-methyl/N-ethyl adjacent to an activating group) is 1. The van der Waals surface area contributed by atoms with Crippen molar-refractivity contribution < 1.29 is 9.90 Å². The van der Waals surface area contributed by atoms with Crippen molar-refractivity contribution in [1.82, 2.24) is 9.80 Å². The Morgan fingerprint density at radius 1 is 1.23 bits per heavy atom. The number of hydrogen-bond donors (Lipinski definition) is 1. The Labute approximate surface area is 154 Å². The van der Waals surface area contributed by atoms with Gasteiger partial charge in [0, 0.05) is 18.7 Å². The van der Waals surface area contributed by atoms with Crippen LogP contribution in [0.2, 0.25) is 0 Å². The van der Waals surface area contributed by atoms with Gasteiger partial charge in [0.15, 0.2) is 0 Å². The van der Waals surface area contributed by atoms with Gasteiger partial charge in [0.1, 0.15) is 0 Å². The Bertz CT molecular complexity index is 839. The van der Waals surface area contributed by atoms with Crippen molar-refractivity contribution in [3.8, 4) is 17.2 Å². The number of aliphatic hydroxyl groups is 1. The number of β-amino-alcohol motifs (C(OH)–C–C–N with tert-alkyl or cyclic N) is 1. The van der Waals surface area contributed by atoms with Crippen LogP contribution in [0.5, 0.6) is 0 Å². The zero-order valence-corrected chi connectivity index (χ0v) is 15.1. The Kier molecular flexibility index (Phi) is 5.08. The van der Waals surface area contributed by atoms with Gasteiger partial charge < -0.3 is 14.9 Å². The molecule has 1 N–H and O–H groups in total. The molecule has 5 nitrogen and oxygen atoms in total. The smallest absolute Gasteiger partial charge is 0.253 e. The van der Waals surface area contributed by atoms with Crippen LogP contribution in [0.1, 0.15) is 22.3 Å². The van der Waals surface area contributed by atoms with Gasteiger partial charge >= 0.3 is 0 Å². The van der Waals surface area contributed by atoms with Crippen LogP contribution in [0.3, 0.4) is 0 Å². The number of nitriles is 1. The van der Waals surface area contributed by atoms with E-state index < -0.39 is 5.60 Å². The first-order valence-electron chi connectivity index (χ1n) is 8.68. The second-order valence-electron chi connectivity index (χ2n) is 7.17. The van der Waals surface area contributed by atoms with Crippen LogP contribution in [-0.4, -0.2) is 60.1 Å². The highest BCUT2D eigenvalue weighted by Gasteiger charge is 2.38. The zero-order chi connectivity index (χ0) is 18.7. The summed E-state index contributed by atoms with van der Waals surface area (Å²) in [4.78, 5) is 16.4. The standard InChI is InChI=1S/C21H23N3O2/c1-23(2)14-21(26)11-12-24(15-21)20(25)17-9-7-16(8-10-17)19-6-4-3-5-18(19)13-22/h3-10,26H,11-12,14-15H2,1-2H3/t21-/m0/s1. The van der Waals surface area contributed by atoms with Gasteiger partial charge in [-0.1, -0.05) is 30.3 Å². The maximum absolute atomic E-state index is 12.7. The molecule has 2 aromatic rings. The van der Waals surface area contributed by atoms with Gasteiger partial charge in [0.2, 0.25) is 0 Å². The summed E-state index contributed by atoms with van der Waals surface area (Å²) in [6.07, 6.45) is 0.588. The fraction of sp³-hybridized carbons (Fsp3) is 0.333. The quantitative estimate of drug-likeness (QED) is 0.920. The van der Waals surface area contributed by atoms with Crippen molar-refractivity contribution in [2.45, 2.75) is 12.0 Å². The highest BCUT2D eigenvalue weighted by molar-refractivity contribution is 5.95. The fourth-order valence-electron chi connectivity index (χ4n) is 3.55. The lowest BCUT2D eigenvalue weighted by Gasteiger charge is -2.26. The second kappa shape index (κ2) is 7.28. The van der Waals surface area contributed by atoms with Crippen LogP contribution in [0.4, 0.5) is 0 Å². The van der Waals surface area contributed by atoms with Gasteiger partial charge in [-0.3, -0.25) is 4.79 Å². The van der Waals surface area contributed by atoms with E-state index in [0.29, 0.717) is 37.2 Å². The first-order chi connectivity index (χ1) is 12.4. The maximum Gasteiger partial charge on any atom is 0.253 e. The Balaban J connectivity index is 1.75. The summed E-state index contributed by atoms with van der Waals surface area (Å²) in [5.74, 6) is -0.0696. The highest BCUT2D eigenvalue weighted by Crippen LogP contribution is 2.26. The van der Waals surface area contributed by atoms with Crippen molar-refractivity contribution in [1.29, 1.82) is 5.26 Å². The van der Waals surface area contributed by atoms with E-state index in [1.807, 2.05) is 49.3 Å². The Hall–Kier alpha value is -2.68. The predicted molar refractivity (Wildman–Crippen MR) is 101 cm³/mol. The van der Waals surface area contributed by atoms with E-state index in [-0.39, 0.29) is 5.91 Å². The Morgan fingerprint density at radius 3 is 2.58 bits per heavy atom. The van der Waals surface area contributed by atoms with Gasteiger partial charge in [-0.05, 0) is 49.8 Å². The van der Waals surface area contributed by atoms with Crippen LogP contribution in [-0.2, 0) is 0 Å². The first-order valence-corrected chi connectivity index (χ1v) is 8.68. The molecule has 1 saturated heterocycles. The predicted octanol–water partition coefficient (Wildman–Crippen LogP) is 2.36. The summed E-state index contributed by atoms with van der Waals surface area (Å²) in [5.41, 5.74) is 2.13. The average molecular weight is 349 g/mol. The van der Waals surface area contributed by atoms with E-state index in [9.17, 15) is 15.2 Å². The van der Waals surface area contributed by atoms with Crippen LogP contribution in [0.15, 0.2) is 48.5 Å². The molecule has 5 heteroatoms. The van der Waals surface area contributed by atoms with E-state index in [0.717, 1.165) is 11.1 Å². The van der Waals surface area contributed by atoms with Gasteiger partial charge in [0.05, 0.1) is 23.8 Å². The van der Waals surface area contributed by atoms with Crippen LogP contribution in [0.25, 0.3) is 11.1 Å². The third kappa shape index (κ3) is 3.77. The second-order valence-corrected chi connectivity index (χ2v) is 7.17. The van der Waals surface area contributed by atoms with Crippen molar-refractivity contribution in [3.05, 3.63) is 59.7 Å². The summed E-state index contributed by atoms with van der Waals surface area (Å²) >= 11 is 0. The van der Waals surface area contributed by atoms with E-state index in [1.54, 1.807) is 23.1 Å². The van der Waals surface area contributed by atoms with E-state index in [1.165, 1.54) is 0 Å². The van der Waals surface area contributed by atoms with Crippen molar-refractivity contribution in [2.75, 3.05) is 33.7 Å². The van der Waals surface area contributed by atoms with Gasteiger partial charge in [-0.25, -0.2) is 0 Å². The molecule has 3 rings (SSSR count). The number of rotatable bonds is 4. The molecule has 134 valence electrons. The van der Waals surface area contributed by atoms with Crippen molar-refractivity contribution in [2.24, 2.45) is 0 Å². The number of carbonyl (C=O) groups excluding carboxylic acids is 1. The molecular formula is C21H23N3O2. The minimum Gasteiger partial charge on any atom is -0.387 e. The molecule has 0 saturated carbocycles. The molecule has 0 unspecified atom stereocenters. The van der Waals surface area contributed by atoms with Gasteiger partial charge in [-0.2, -0.15) is 5.26 Å². The molecule has 1 atom stereocenters. The molecular weight excluding hydrogens is 326 g/mol. The van der Waals surface area contributed by atoms with E-state index in [2.05, 4.69) is 6.07 Å². The summed E-state index contributed by atoms with van der Waals surface area (Å²) in [6, 6.07) is 16.9. The monoisotopic (exact) mass is 349 g/mol. The normalized spacial score (nSPS) is 19.6.